The zero-order valence-electron chi connectivity index (χ0n) is 17.1. The molecule has 1 heterocycles. The van der Waals surface area contributed by atoms with E-state index in [2.05, 4.69) is 5.32 Å². The summed E-state index contributed by atoms with van der Waals surface area (Å²) >= 11 is 5.84. The molecule has 160 valence electrons. The predicted molar refractivity (Wildman–Crippen MR) is 120 cm³/mol. The third-order valence-electron chi connectivity index (χ3n) is 4.34. The molecule has 0 fully saturated rings. The lowest BCUT2D eigenvalue weighted by atomic mass is 10.1. The molecule has 0 unspecified atom stereocenters. The summed E-state index contributed by atoms with van der Waals surface area (Å²) in [6.45, 7) is 0.904. The van der Waals surface area contributed by atoms with Crippen LogP contribution in [0, 0.1) is 0 Å². The van der Waals surface area contributed by atoms with Gasteiger partial charge in [-0.1, -0.05) is 17.7 Å². The fourth-order valence-electron chi connectivity index (χ4n) is 2.68. The molecule has 2 aromatic carbocycles. The Bertz CT molecular complexity index is 1180. The molecule has 1 aromatic heterocycles. The number of ether oxygens (including phenoxy) is 1. The summed E-state index contributed by atoms with van der Waals surface area (Å²) in [5.74, 6) is -1.08. The fraction of sp³-hybridized carbons (Fsp3) is 0.174. The number of rotatable bonds is 7. The number of amides is 1. The van der Waals surface area contributed by atoms with Crippen LogP contribution in [0.25, 0.3) is 17.0 Å². The zero-order chi connectivity index (χ0) is 22.4. The Kier molecular flexibility index (Phi) is 7.23. The Labute approximate surface area is 183 Å². The molecule has 3 rings (SSSR count). The lowest BCUT2D eigenvalue weighted by Gasteiger charge is -2.08. The van der Waals surface area contributed by atoms with Gasteiger partial charge in [-0.15, -0.1) is 0 Å². The van der Waals surface area contributed by atoms with Crippen molar-refractivity contribution in [1.29, 1.82) is 0 Å². The molecule has 0 radical (unpaired) electrons. The summed E-state index contributed by atoms with van der Waals surface area (Å²) in [5, 5.41) is 3.40. The van der Waals surface area contributed by atoms with Gasteiger partial charge >= 0.3 is 5.97 Å². The summed E-state index contributed by atoms with van der Waals surface area (Å²) in [7, 11) is 3.77. The van der Waals surface area contributed by atoms with Gasteiger partial charge in [0.05, 0.1) is 5.39 Å². The molecule has 3 aromatic rings. The van der Waals surface area contributed by atoms with E-state index in [1.165, 1.54) is 12.2 Å². The van der Waals surface area contributed by atoms with Crippen LogP contribution in [0.3, 0.4) is 0 Å². The Morgan fingerprint density at radius 2 is 1.90 bits per heavy atom. The molecule has 0 aliphatic rings. The van der Waals surface area contributed by atoms with Crippen LogP contribution in [0.4, 0.5) is 5.69 Å². The number of carbonyl (C=O) groups excluding carboxylic acids is 2. The highest BCUT2D eigenvalue weighted by atomic mass is 35.5. The molecule has 0 bridgehead atoms. The number of likely N-dealkylation sites (N-methyl/N-ethyl adjacent to an activating group) is 1. The second-order valence-corrected chi connectivity index (χ2v) is 7.44. The van der Waals surface area contributed by atoms with E-state index in [1.54, 1.807) is 42.5 Å². The van der Waals surface area contributed by atoms with Gasteiger partial charge in [-0.2, -0.15) is 0 Å². The van der Waals surface area contributed by atoms with Crippen molar-refractivity contribution in [3.05, 3.63) is 81.2 Å². The molecular formula is C23H21ClN2O5. The minimum absolute atomic E-state index is 0.133. The number of benzene rings is 2. The molecule has 0 aliphatic carbocycles. The Balaban J connectivity index is 1.78. The van der Waals surface area contributed by atoms with Gasteiger partial charge in [-0.3, -0.25) is 9.59 Å². The van der Waals surface area contributed by atoms with E-state index < -0.39 is 17.3 Å². The second kappa shape index (κ2) is 10.1. The lowest BCUT2D eigenvalue weighted by Crippen LogP contribution is -2.21. The smallest absolute Gasteiger partial charge is 0.330 e. The maximum absolute atomic E-state index is 12.8. The Hall–Kier alpha value is -3.42. The monoisotopic (exact) mass is 440 g/mol. The molecule has 0 saturated heterocycles. The normalized spacial score (nSPS) is 11.2. The third kappa shape index (κ3) is 6.04. The molecule has 7 nitrogen and oxygen atoms in total. The van der Waals surface area contributed by atoms with E-state index in [4.69, 9.17) is 20.8 Å². The average molecular weight is 441 g/mol. The number of hydrogen-bond donors (Lipinski definition) is 1. The van der Waals surface area contributed by atoms with E-state index >= 15 is 0 Å². The molecule has 0 spiro atoms. The van der Waals surface area contributed by atoms with Crippen LogP contribution in [0.15, 0.2) is 64.0 Å². The minimum atomic E-state index is -0.594. The number of esters is 1. The number of halogens is 1. The van der Waals surface area contributed by atoms with Crippen LogP contribution in [-0.2, 0) is 9.53 Å². The molecule has 0 saturated carbocycles. The van der Waals surface area contributed by atoms with E-state index in [-0.39, 0.29) is 17.6 Å². The first-order chi connectivity index (χ1) is 14.8. The van der Waals surface area contributed by atoms with Gasteiger partial charge in [-0.05, 0) is 62.1 Å². The van der Waals surface area contributed by atoms with Crippen LogP contribution in [0.5, 0.6) is 0 Å². The molecule has 1 amide bonds. The average Bonchev–Trinajstić information content (AvgIpc) is 2.74. The van der Waals surface area contributed by atoms with E-state index in [9.17, 15) is 14.4 Å². The van der Waals surface area contributed by atoms with Crippen molar-refractivity contribution in [3.8, 4) is 0 Å². The molecular weight excluding hydrogens is 420 g/mol. The van der Waals surface area contributed by atoms with Gasteiger partial charge in [0.15, 0.2) is 0 Å². The first-order valence-corrected chi connectivity index (χ1v) is 9.83. The first kappa shape index (κ1) is 22.3. The summed E-state index contributed by atoms with van der Waals surface area (Å²) in [6, 6.07) is 11.4. The fourth-order valence-corrected chi connectivity index (χ4v) is 2.81. The molecule has 31 heavy (non-hydrogen) atoms. The van der Waals surface area contributed by atoms with Crippen LogP contribution < -0.4 is 10.7 Å². The van der Waals surface area contributed by atoms with Gasteiger partial charge in [0.25, 0.3) is 5.91 Å². The van der Waals surface area contributed by atoms with E-state index in [1.807, 2.05) is 19.0 Å². The van der Waals surface area contributed by atoms with Crippen LogP contribution in [-0.4, -0.2) is 44.0 Å². The van der Waals surface area contributed by atoms with Crippen LogP contribution >= 0.6 is 11.6 Å². The van der Waals surface area contributed by atoms with E-state index in [0.717, 1.165) is 6.26 Å². The van der Waals surface area contributed by atoms with Gasteiger partial charge in [0.1, 0.15) is 24.0 Å². The maximum Gasteiger partial charge on any atom is 0.330 e. The number of hydrogen-bond acceptors (Lipinski definition) is 6. The highest BCUT2D eigenvalue weighted by Gasteiger charge is 2.15. The number of fused-ring (bicyclic) bond motifs is 1. The van der Waals surface area contributed by atoms with Crippen molar-refractivity contribution < 1.29 is 18.7 Å². The maximum atomic E-state index is 12.8. The van der Waals surface area contributed by atoms with Crippen molar-refractivity contribution in [2.45, 2.75) is 0 Å². The number of carbonyl (C=O) groups is 2. The quantitative estimate of drug-likeness (QED) is 0.444. The summed E-state index contributed by atoms with van der Waals surface area (Å²) in [6.07, 6.45) is 3.96. The van der Waals surface area contributed by atoms with Crippen LogP contribution in [0.1, 0.15) is 15.9 Å². The van der Waals surface area contributed by atoms with Gasteiger partial charge in [0, 0.05) is 23.3 Å². The van der Waals surface area contributed by atoms with Gasteiger partial charge in [0.2, 0.25) is 5.43 Å². The van der Waals surface area contributed by atoms with Crippen molar-refractivity contribution >= 4 is 46.2 Å². The Morgan fingerprint density at radius 1 is 1.16 bits per heavy atom. The second-order valence-electron chi connectivity index (χ2n) is 7.00. The summed E-state index contributed by atoms with van der Waals surface area (Å²) in [4.78, 5) is 39.1. The van der Waals surface area contributed by atoms with Gasteiger partial charge in [-0.25, -0.2) is 4.79 Å². The standard InChI is InChI=1S/C23H21ClN2O5/c1-26(2)11-12-30-21(27)10-4-15-3-9-20-18(13-15)22(28)19(14-31-20)23(29)25-17-7-5-16(24)6-8-17/h3-10,13-14H,11-12H2,1-2H3,(H,25,29)/b10-4+. The highest BCUT2D eigenvalue weighted by Crippen LogP contribution is 2.17. The minimum Gasteiger partial charge on any atom is -0.463 e. The number of anilines is 1. The van der Waals surface area contributed by atoms with Gasteiger partial charge < -0.3 is 19.4 Å². The molecule has 0 atom stereocenters. The van der Waals surface area contributed by atoms with Crippen molar-refractivity contribution in [2.75, 3.05) is 32.6 Å². The van der Waals surface area contributed by atoms with Crippen molar-refractivity contribution in [1.82, 2.24) is 4.90 Å². The van der Waals surface area contributed by atoms with E-state index in [0.29, 0.717) is 28.4 Å². The number of nitrogens with zero attached hydrogens (tertiary/aromatic N) is 1. The largest absolute Gasteiger partial charge is 0.463 e. The highest BCUT2D eigenvalue weighted by molar-refractivity contribution is 6.30. The predicted octanol–water partition coefficient (Wildman–Crippen LogP) is 3.82. The van der Waals surface area contributed by atoms with Crippen LogP contribution in [0.2, 0.25) is 5.02 Å². The van der Waals surface area contributed by atoms with Crippen molar-refractivity contribution in [2.24, 2.45) is 0 Å². The Morgan fingerprint density at radius 3 is 2.61 bits per heavy atom. The summed E-state index contributed by atoms with van der Waals surface area (Å²) in [5.41, 5.74) is 0.819. The van der Waals surface area contributed by atoms with Crippen molar-refractivity contribution in [3.63, 3.8) is 0 Å². The SMILES string of the molecule is CN(C)CCOC(=O)/C=C/c1ccc2occ(C(=O)Nc3ccc(Cl)cc3)c(=O)c2c1. The molecule has 8 heteroatoms. The summed E-state index contributed by atoms with van der Waals surface area (Å²) < 4.78 is 10.5. The topological polar surface area (TPSA) is 88.8 Å². The molecule has 0 aliphatic heterocycles. The first-order valence-electron chi connectivity index (χ1n) is 9.45. The lowest BCUT2D eigenvalue weighted by molar-refractivity contribution is -0.137. The third-order valence-corrected chi connectivity index (χ3v) is 4.59. The number of nitrogens with one attached hydrogen (secondary N) is 1. The molecule has 1 N–H and O–H groups in total. The zero-order valence-corrected chi connectivity index (χ0v) is 17.8.